The molecule has 2 N–H and O–H groups in total. The van der Waals surface area contributed by atoms with Gasteiger partial charge in [0.05, 0.1) is 12.2 Å². The van der Waals surface area contributed by atoms with Gasteiger partial charge in [-0.25, -0.2) is 4.39 Å². The summed E-state index contributed by atoms with van der Waals surface area (Å²) in [6.45, 7) is 0. The number of H-pyrrole nitrogens is 1. The van der Waals surface area contributed by atoms with E-state index in [4.69, 9.17) is 0 Å². The standard InChI is InChI=1S/C19H21FN4O/c1-21-19(25)12-2-5-15(6-3-12)24-11-13(9-23-24)17-10-22-18-8-14(20)4-7-16(17)18/h4,7-12,15,22H,2-3,5-6H2,1H3,(H,21,25)/t12-,15+. The molecule has 1 aliphatic rings. The maximum atomic E-state index is 13.3. The second-order valence-electron chi connectivity index (χ2n) is 6.72. The van der Waals surface area contributed by atoms with Crippen molar-refractivity contribution in [3.8, 4) is 11.1 Å². The number of fused-ring (bicyclic) bond motifs is 1. The number of carbonyl (C=O) groups excluding carboxylic acids is 1. The van der Waals surface area contributed by atoms with Gasteiger partial charge in [0.1, 0.15) is 5.82 Å². The first kappa shape index (κ1) is 15.9. The summed E-state index contributed by atoms with van der Waals surface area (Å²) < 4.78 is 15.4. The Morgan fingerprint density at radius 3 is 2.88 bits per heavy atom. The highest BCUT2D eigenvalue weighted by Crippen LogP contribution is 2.34. The van der Waals surface area contributed by atoms with Gasteiger partial charge < -0.3 is 10.3 Å². The minimum absolute atomic E-state index is 0.125. The molecule has 1 saturated carbocycles. The molecule has 0 bridgehead atoms. The molecule has 2 heterocycles. The fourth-order valence-electron chi connectivity index (χ4n) is 3.82. The number of hydrogen-bond acceptors (Lipinski definition) is 2. The van der Waals surface area contributed by atoms with Crippen molar-refractivity contribution in [1.29, 1.82) is 0 Å². The molecule has 0 radical (unpaired) electrons. The Kier molecular flexibility index (Phi) is 4.03. The molecular formula is C19H21FN4O. The van der Waals surface area contributed by atoms with Gasteiger partial charge in [-0.3, -0.25) is 9.48 Å². The van der Waals surface area contributed by atoms with E-state index in [1.165, 1.54) is 12.1 Å². The highest BCUT2D eigenvalue weighted by Gasteiger charge is 2.27. The van der Waals surface area contributed by atoms with Crippen LogP contribution < -0.4 is 5.32 Å². The van der Waals surface area contributed by atoms with Crippen molar-refractivity contribution in [3.05, 3.63) is 42.6 Å². The monoisotopic (exact) mass is 340 g/mol. The van der Waals surface area contributed by atoms with E-state index in [-0.39, 0.29) is 17.6 Å². The molecule has 25 heavy (non-hydrogen) atoms. The molecule has 0 spiro atoms. The van der Waals surface area contributed by atoms with Crippen molar-refractivity contribution in [2.45, 2.75) is 31.7 Å². The minimum atomic E-state index is -0.246. The van der Waals surface area contributed by atoms with Crippen molar-refractivity contribution in [2.24, 2.45) is 5.92 Å². The van der Waals surface area contributed by atoms with Crippen LogP contribution >= 0.6 is 0 Å². The van der Waals surface area contributed by atoms with Crippen LogP contribution in [0.3, 0.4) is 0 Å². The van der Waals surface area contributed by atoms with Crippen molar-refractivity contribution >= 4 is 16.8 Å². The molecule has 0 saturated heterocycles. The number of nitrogens with zero attached hydrogens (tertiary/aromatic N) is 2. The summed E-state index contributed by atoms with van der Waals surface area (Å²) in [7, 11) is 1.70. The fourth-order valence-corrected chi connectivity index (χ4v) is 3.82. The van der Waals surface area contributed by atoms with Crippen molar-refractivity contribution in [3.63, 3.8) is 0 Å². The lowest BCUT2D eigenvalue weighted by Crippen LogP contribution is -2.31. The minimum Gasteiger partial charge on any atom is -0.360 e. The van der Waals surface area contributed by atoms with Crippen molar-refractivity contribution < 1.29 is 9.18 Å². The number of benzene rings is 1. The van der Waals surface area contributed by atoms with Crippen LogP contribution in [0.1, 0.15) is 31.7 Å². The number of hydrogen-bond donors (Lipinski definition) is 2. The molecule has 1 aromatic carbocycles. The highest BCUT2D eigenvalue weighted by molar-refractivity contribution is 5.95. The van der Waals surface area contributed by atoms with Crippen molar-refractivity contribution in [2.75, 3.05) is 7.05 Å². The Hall–Kier alpha value is -2.63. The lowest BCUT2D eigenvalue weighted by Gasteiger charge is -2.27. The Labute approximate surface area is 145 Å². The molecule has 130 valence electrons. The molecule has 2 aromatic heterocycles. The van der Waals surface area contributed by atoms with Crippen LogP contribution in [0.2, 0.25) is 0 Å². The van der Waals surface area contributed by atoms with Crippen LogP contribution in [0.5, 0.6) is 0 Å². The van der Waals surface area contributed by atoms with Gasteiger partial charge in [-0.05, 0) is 43.9 Å². The average molecular weight is 340 g/mol. The average Bonchev–Trinajstić information content (AvgIpc) is 3.27. The van der Waals surface area contributed by atoms with Gasteiger partial charge >= 0.3 is 0 Å². The van der Waals surface area contributed by atoms with Crippen LogP contribution in [-0.2, 0) is 4.79 Å². The van der Waals surface area contributed by atoms with E-state index in [0.717, 1.165) is 47.7 Å². The van der Waals surface area contributed by atoms with E-state index in [2.05, 4.69) is 21.6 Å². The van der Waals surface area contributed by atoms with E-state index in [1.54, 1.807) is 13.1 Å². The SMILES string of the molecule is CNC(=O)[C@H]1CC[C@@H](n2cc(-c3c[nH]c4cc(F)ccc34)cn2)CC1. The summed E-state index contributed by atoms with van der Waals surface area (Å²) in [5, 5.41) is 8.27. The number of rotatable bonds is 3. The van der Waals surface area contributed by atoms with E-state index in [9.17, 15) is 9.18 Å². The molecule has 6 heteroatoms. The molecule has 0 aliphatic heterocycles. The molecule has 5 nitrogen and oxygen atoms in total. The first-order chi connectivity index (χ1) is 12.2. The molecule has 1 amide bonds. The topological polar surface area (TPSA) is 62.7 Å². The number of nitrogens with one attached hydrogen (secondary N) is 2. The predicted octanol–water partition coefficient (Wildman–Crippen LogP) is 3.65. The smallest absolute Gasteiger partial charge is 0.222 e. The normalized spacial score (nSPS) is 20.7. The van der Waals surface area contributed by atoms with Crippen LogP contribution in [0.4, 0.5) is 4.39 Å². The van der Waals surface area contributed by atoms with Crippen LogP contribution in [0, 0.1) is 11.7 Å². The van der Waals surface area contributed by atoms with Gasteiger partial charge in [0.25, 0.3) is 0 Å². The van der Waals surface area contributed by atoms with Crippen LogP contribution in [-0.4, -0.2) is 27.7 Å². The Morgan fingerprint density at radius 1 is 1.32 bits per heavy atom. The molecular weight excluding hydrogens is 319 g/mol. The summed E-state index contributed by atoms with van der Waals surface area (Å²) in [4.78, 5) is 14.9. The zero-order chi connectivity index (χ0) is 17.4. The number of aromatic amines is 1. The number of aromatic nitrogens is 3. The Balaban J connectivity index is 1.53. The summed E-state index contributed by atoms with van der Waals surface area (Å²) in [5.74, 6) is 0.0231. The third-order valence-electron chi connectivity index (χ3n) is 5.24. The van der Waals surface area contributed by atoms with Crippen molar-refractivity contribution in [1.82, 2.24) is 20.1 Å². The van der Waals surface area contributed by atoms with Gasteiger partial charge in [-0.15, -0.1) is 0 Å². The van der Waals surface area contributed by atoms with Crippen LogP contribution in [0.15, 0.2) is 36.8 Å². The van der Waals surface area contributed by atoms with E-state index < -0.39 is 0 Å². The van der Waals surface area contributed by atoms with Gasteiger partial charge in [0.15, 0.2) is 0 Å². The molecule has 1 fully saturated rings. The molecule has 4 rings (SSSR count). The van der Waals surface area contributed by atoms with Gasteiger partial charge in [-0.1, -0.05) is 0 Å². The summed E-state index contributed by atoms with van der Waals surface area (Å²) in [6.07, 6.45) is 9.51. The first-order valence-corrected chi connectivity index (χ1v) is 8.68. The predicted molar refractivity (Wildman–Crippen MR) is 94.5 cm³/mol. The third-order valence-corrected chi connectivity index (χ3v) is 5.24. The summed E-state index contributed by atoms with van der Waals surface area (Å²) in [5.41, 5.74) is 2.83. The number of halogens is 1. The second kappa shape index (κ2) is 6.35. The Morgan fingerprint density at radius 2 is 2.12 bits per heavy atom. The lowest BCUT2D eigenvalue weighted by molar-refractivity contribution is -0.125. The van der Waals surface area contributed by atoms with E-state index in [0.29, 0.717) is 6.04 Å². The maximum Gasteiger partial charge on any atom is 0.222 e. The zero-order valence-electron chi connectivity index (χ0n) is 14.1. The largest absolute Gasteiger partial charge is 0.360 e. The zero-order valence-corrected chi connectivity index (χ0v) is 14.1. The number of carbonyl (C=O) groups is 1. The molecule has 0 unspecified atom stereocenters. The van der Waals surface area contributed by atoms with Gasteiger partial charge in [0, 0.05) is 47.4 Å². The fraction of sp³-hybridized carbons (Fsp3) is 0.368. The summed E-state index contributed by atoms with van der Waals surface area (Å²) >= 11 is 0. The van der Waals surface area contributed by atoms with E-state index in [1.807, 2.05) is 17.1 Å². The van der Waals surface area contributed by atoms with E-state index >= 15 is 0 Å². The van der Waals surface area contributed by atoms with Gasteiger partial charge in [0.2, 0.25) is 5.91 Å². The summed E-state index contributed by atoms with van der Waals surface area (Å²) in [6, 6.07) is 5.10. The van der Waals surface area contributed by atoms with Gasteiger partial charge in [-0.2, -0.15) is 5.10 Å². The molecule has 0 atom stereocenters. The maximum absolute atomic E-state index is 13.3. The first-order valence-electron chi connectivity index (χ1n) is 8.68. The van der Waals surface area contributed by atoms with Crippen LogP contribution in [0.25, 0.3) is 22.0 Å². The highest BCUT2D eigenvalue weighted by atomic mass is 19.1. The quantitative estimate of drug-likeness (QED) is 0.764. The second-order valence-corrected chi connectivity index (χ2v) is 6.72. The molecule has 3 aromatic rings. The Bertz CT molecular complexity index is 905. The molecule has 1 aliphatic carbocycles. The third kappa shape index (κ3) is 2.92. The lowest BCUT2D eigenvalue weighted by atomic mass is 9.85. The number of amides is 1.